The summed E-state index contributed by atoms with van der Waals surface area (Å²) in [6.45, 7) is 6.85. The van der Waals surface area contributed by atoms with E-state index in [1.165, 1.54) is 33.8 Å². The molecule has 0 atom stereocenters. The first-order valence-electron chi connectivity index (χ1n) is 8.35. The van der Waals surface area contributed by atoms with Gasteiger partial charge in [0.1, 0.15) is 0 Å². The van der Waals surface area contributed by atoms with Crippen molar-refractivity contribution in [3.8, 4) is 0 Å². The van der Waals surface area contributed by atoms with Crippen molar-refractivity contribution >= 4 is 28.6 Å². The Hall–Kier alpha value is -2.33. The number of amides is 1. The monoisotopic (exact) mass is 350 g/mol. The van der Waals surface area contributed by atoms with Crippen LogP contribution in [0.2, 0.25) is 0 Å². The van der Waals surface area contributed by atoms with Crippen molar-refractivity contribution in [2.24, 2.45) is 0 Å². The number of nitrogens with one attached hydrogen (secondary N) is 1. The third-order valence-electron chi connectivity index (χ3n) is 4.12. The maximum absolute atomic E-state index is 12.1. The molecule has 0 saturated heterocycles. The number of hydrogen-bond acceptors (Lipinski definition) is 3. The van der Waals surface area contributed by atoms with Gasteiger partial charge >= 0.3 is 0 Å². The number of hydrogen-bond donors (Lipinski definition) is 1. The van der Waals surface area contributed by atoms with Crippen LogP contribution in [0.15, 0.2) is 53.6 Å². The van der Waals surface area contributed by atoms with Crippen molar-refractivity contribution < 1.29 is 4.79 Å². The summed E-state index contributed by atoms with van der Waals surface area (Å²) in [4.78, 5) is 16.8. The maximum Gasteiger partial charge on any atom is 0.230 e. The van der Waals surface area contributed by atoms with Crippen LogP contribution in [-0.2, 0) is 11.3 Å². The molecule has 0 spiro atoms. The number of aromatic nitrogens is 1. The van der Waals surface area contributed by atoms with Crippen molar-refractivity contribution in [1.82, 2.24) is 10.3 Å². The quantitative estimate of drug-likeness (QED) is 0.686. The molecule has 1 aromatic heterocycles. The first-order valence-corrected chi connectivity index (χ1v) is 9.33. The zero-order valence-electron chi connectivity index (χ0n) is 14.8. The van der Waals surface area contributed by atoms with E-state index in [2.05, 4.69) is 44.3 Å². The van der Waals surface area contributed by atoms with Crippen molar-refractivity contribution in [3.05, 3.63) is 70.8 Å². The molecule has 0 aliphatic heterocycles. The second kappa shape index (κ2) is 7.70. The fourth-order valence-corrected chi connectivity index (χ4v) is 3.67. The zero-order chi connectivity index (χ0) is 17.8. The van der Waals surface area contributed by atoms with Crippen LogP contribution in [0.3, 0.4) is 0 Å². The normalized spacial score (nSPS) is 10.8. The van der Waals surface area contributed by atoms with E-state index in [1.807, 2.05) is 30.3 Å². The number of fused-ring (bicyclic) bond motifs is 1. The Bertz CT molecular complexity index is 907. The van der Waals surface area contributed by atoms with Gasteiger partial charge in [-0.1, -0.05) is 53.7 Å². The number of nitrogens with zero attached hydrogens (tertiary/aromatic N) is 1. The van der Waals surface area contributed by atoms with E-state index in [4.69, 9.17) is 4.98 Å². The zero-order valence-corrected chi connectivity index (χ0v) is 15.6. The number of thioether (sulfide) groups is 1. The SMILES string of the molecule is Cc1cc(C)c2nc(SCC(=O)NCc3ccccc3)cc(C)c2c1. The van der Waals surface area contributed by atoms with Gasteiger partial charge in [-0.25, -0.2) is 4.98 Å². The lowest BCUT2D eigenvalue weighted by Crippen LogP contribution is -2.24. The molecule has 0 saturated carbocycles. The van der Waals surface area contributed by atoms with E-state index in [1.54, 1.807) is 0 Å². The summed E-state index contributed by atoms with van der Waals surface area (Å²) < 4.78 is 0. The van der Waals surface area contributed by atoms with Gasteiger partial charge in [0, 0.05) is 11.9 Å². The summed E-state index contributed by atoms with van der Waals surface area (Å²) in [5.74, 6) is 0.393. The Balaban J connectivity index is 1.66. The predicted molar refractivity (Wildman–Crippen MR) is 105 cm³/mol. The van der Waals surface area contributed by atoms with Crippen LogP contribution in [0, 0.1) is 20.8 Å². The van der Waals surface area contributed by atoms with E-state index in [-0.39, 0.29) is 5.91 Å². The Morgan fingerprint density at radius 2 is 1.80 bits per heavy atom. The van der Waals surface area contributed by atoms with Gasteiger partial charge < -0.3 is 5.32 Å². The number of pyridine rings is 1. The molecule has 1 heterocycles. The van der Waals surface area contributed by atoms with Crippen LogP contribution in [0.5, 0.6) is 0 Å². The van der Waals surface area contributed by atoms with E-state index >= 15 is 0 Å². The van der Waals surface area contributed by atoms with Crippen molar-refractivity contribution in [2.75, 3.05) is 5.75 Å². The summed E-state index contributed by atoms with van der Waals surface area (Å²) in [5.41, 5.74) is 5.75. The van der Waals surface area contributed by atoms with Gasteiger partial charge in [0.05, 0.1) is 16.3 Å². The summed E-state index contributed by atoms with van der Waals surface area (Å²) in [6.07, 6.45) is 0. The molecule has 0 bridgehead atoms. The molecule has 0 aliphatic rings. The molecular weight excluding hydrogens is 328 g/mol. The molecule has 2 aromatic carbocycles. The highest BCUT2D eigenvalue weighted by Gasteiger charge is 2.09. The Morgan fingerprint density at radius 3 is 2.56 bits per heavy atom. The lowest BCUT2D eigenvalue weighted by molar-refractivity contribution is -0.118. The molecule has 0 unspecified atom stereocenters. The van der Waals surface area contributed by atoms with E-state index < -0.39 is 0 Å². The van der Waals surface area contributed by atoms with Crippen LogP contribution in [0.25, 0.3) is 10.9 Å². The number of benzene rings is 2. The topological polar surface area (TPSA) is 42.0 Å². The van der Waals surface area contributed by atoms with Gasteiger partial charge in [-0.3, -0.25) is 4.79 Å². The third-order valence-corrected chi connectivity index (χ3v) is 5.03. The molecule has 3 aromatic rings. The van der Waals surface area contributed by atoms with Gasteiger partial charge in [-0.05, 0) is 49.6 Å². The van der Waals surface area contributed by atoms with Crippen LogP contribution in [0.1, 0.15) is 22.3 Å². The van der Waals surface area contributed by atoms with Crippen LogP contribution in [-0.4, -0.2) is 16.6 Å². The first kappa shape index (κ1) is 17.5. The van der Waals surface area contributed by atoms with Crippen LogP contribution < -0.4 is 5.32 Å². The van der Waals surface area contributed by atoms with E-state index in [0.29, 0.717) is 12.3 Å². The average molecular weight is 350 g/mol. The molecule has 1 N–H and O–H groups in total. The highest BCUT2D eigenvalue weighted by molar-refractivity contribution is 7.99. The van der Waals surface area contributed by atoms with Crippen molar-refractivity contribution in [3.63, 3.8) is 0 Å². The Kier molecular flexibility index (Phi) is 5.39. The van der Waals surface area contributed by atoms with Gasteiger partial charge in [0.2, 0.25) is 5.91 Å². The van der Waals surface area contributed by atoms with E-state index in [0.717, 1.165) is 16.1 Å². The summed E-state index contributed by atoms with van der Waals surface area (Å²) in [6, 6.07) is 16.3. The predicted octanol–water partition coefficient (Wildman–Crippen LogP) is 4.57. The number of carbonyl (C=O) groups is 1. The molecular formula is C21H22N2OS. The molecule has 128 valence electrons. The Morgan fingerprint density at radius 1 is 1.04 bits per heavy atom. The smallest absolute Gasteiger partial charge is 0.230 e. The summed E-state index contributed by atoms with van der Waals surface area (Å²) in [5, 5.41) is 5.04. The second-order valence-electron chi connectivity index (χ2n) is 6.31. The summed E-state index contributed by atoms with van der Waals surface area (Å²) >= 11 is 1.48. The highest BCUT2D eigenvalue weighted by Crippen LogP contribution is 2.26. The molecule has 3 nitrogen and oxygen atoms in total. The minimum atomic E-state index is 0.0223. The minimum Gasteiger partial charge on any atom is -0.351 e. The van der Waals surface area contributed by atoms with Gasteiger partial charge in [0.15, 0.2) is 0 Å². The summed E-state index contributed by atoms with van der Waals surface area (Å²) in [7, 11) is 0. The number of carbonyl (C=O) groups excluding carboxylic acids is 1. The second-order valence-corrected chi connectivity index (χ2v) is 7.30. The first-order chi connectivity index (χ1) is 12.0. The van der Waals surface area contributed by atoms with E-state index in [9.17, 15) is 4.79 Å². The molecule has 3 rings (SSSR count). The minimum absolute atomic E-state index is 0.0223. The van der Waals surface area contributed by atoms with Gasteiger partial charge in [0.25, 0.3) is 0 Å². The van der Waals surface area contributed by atoms with Crippen LogP contribution in [0.4, 0.5) is 0 Å². The fraction of sp³-hybridized carbons (Fsp3) is 0.238. The van der Waals surface area contributed by atoms with Crippen LogP contribution >= 0.6 is 11.8 Å². The molecule has 0 fully saturated rings. The lowest BCUT2D eigenvalue weighted by atomic mass is 10.0. The van der Waals surface area contributed by atoms with Gasteiger partial charge in [-0.15, -0.1) is 0 Å². The standard InChI is InChI=1S/C21H22N2OS/c1-14-9-16(3)21-18(10-14)15(2)11-20(23-21)25-13-19(24)22-12-17-7-5-4-6-8-17/h4-11H,12-13H2,1-3H3,(H,22,24). The number of aryl methyl sites for hydroxylation is 3. The molecule has 25 heavy (non-hydrogen) atoms. The fourth-order valence-electron chi connectivity index (χ4n) is 2.88. The third kappa shape index (κ3) is 4.40. The van der Waals surface area contributed by atoms with Gasteiger partial charge in [-0.2, -0.15) is 0 Å². The molecule has 1 amide bonds. The Labute approximate surface area is 152 Å². The molecule has 4 heteroatoms. The highest BCUT2D eigenvalue weighted by atomic mass is 32.2. The molecule has 0 radical (unpaired) electrons. The lowest BCUT2D eigenvalue weighted by Gasteiger charge is -2.10. The van der Waals surface area contributed by atoms with Crippen molar-refractivity contribution in [1.29, 1.82) is 0 Å². The average Bonchev–Trinajstić information content (AvgIpc) is 2.60. The largest absolute Gasteiger partial charge is 0.351 e. The maximum atomic E-state index is 12.1. The number of rotatable bonds is 5. The molecule has 0 aliphatic carbocycles. The van der Waals surface area contributed by atoms with Crippen molar-refractivity contribution in [2.45, 2.75) is 32.3 Å².